The fourth-order valence-corrected chi connectivity index (χ4v) is 1.91. The molecule has 0 aliphatic carbocycles. The summed E-state index contributed by atoms with van der Waals surface area (Å²) < 4.78 is 6.39. The van der Waals surface area contributed by atoms with E-state index < -0.39 is 0 Å². The molecule has 0 aliphatic rings. The van der Waals surface area contributed by atoms with E-state index >= 15 is 0 Å². The van der Waals surface area contributed by atoms with E-state index in [-0.39, 0.29) is 12.4 Å². The molecule has 0 bridgehead atoms. The van der Waals surface area contributed by atoms with Crippen LogP contribution in [0.25, 0.3) is 0 Å². The van der Waals surface area contributed by atoms with E-state index in [1.807, 2.05) is 55.5 Å². The zero-order valence-electron chi connectivity index (χ0n) is 10.0. The molecule has 0 saturated carbocycles. The summed E-state index contributed by atoms with van der Waals surface area (Å²) in [6.07, 6.45) is 0. The Hall–Kier alpha value is -1.61. The molecular formula is C15H13BrO2. The predicted octanol–water partition coefficient (Wildman–Crippen LogP) is 4.02. The standard InChI is InChI=1S/C15H13BrO2/c1-11-5-7-12(8-6-11)15(17)10-18-14-4-2-3-13(16)9-14/h2-9H,10H2,1H3. The maximum absolute atomic E-state index is 11.9. The van der Waals surface area contributed by atoms with Gasteiger partial charge >= 0.3 is 0 Å². The van der Waals surface area contributed by atoms with E-state index in [1.165, 1.54) is 0 Å². The summed E-state index contributed by atoms with van der Waals surface area (Å²) in [7, 11) is 0. The topological polar surface area (TPSA) is 26.3 Å². The first-order chi connectivity index (χ1) is 8.65. The van der Waals surface area contributed by atoms with Crippen LogP contribution in [0.4, 0.5) is 0 Å². The third-order valence-corrected chi connectivity index (χ3v) is 3.03. The molecule has 0 atom stereocenters. The van der Waals surface area contributed by atoms with Crippen molar-refractivity contribution in [2.24, 2.45) is 0 Å². The number of carbonyl (C=O) groups is 1. The molecule has 0 aromatic heterocycles. The maximum atomic E-state index is 11.9. The molecule has 0 unspecified atom stereocenters. The molecule has 18 heavy (non-hydrogen) atoms. The minimum atomic E-state index is -0.0185. The van der Waals surface area contributed by atoms with E-state index in [2.05, 4.69) is 15.9 Å². The summed E-state index contributed by atoms with van der Waals surface area (Å²) in [6.45, 7) is 2.05. The fraction of sp³-hybridized carbons (Fsp3) is 0.133. The summed E-state index contributed by atoms with van der Waals surface area (Å²) in [5.74, 6) is 0.666. The van der Waals surface area contributed by atoms with Crippen molar-refractivity contribution in [3.05, 3.63) is 64.1 Å². The Morgan fingerprint density at radius 2 is 1.89 bits per heavy atom. The molecule has 0 fully saturated rings. The summed E-state index contributed by atoms with van der Waals surface area (Å²) >= 11 is 3.36. The van der Waals surface area contributed by atoms with Crippen LogP contribution in [-0.4, -0.2) is 12.4 Å². The first-order valence-electron chi connectivity index (χ1n) is 5.63. The molecular weight excluding hydrogens is 292 g/mol. The second-order valence-electron chi connectivity index (χ2n) is 4.04. The number of hydrogen-bond acceptors (Lipinski definition) is 2. The van der Waals surface area contributed by atoms with E-state index in [0.717, 1.165) is 10.0 Å². The van der Waals surface area contributed by atoms with E-state index in [4.69, 9.17) is 4.74 Å². The number of rotatable bonds is 4. The number of carbonyl (C=O) groups excluding carboxylic acids is 1. The highest BCUT2D eigenvalue weighted by molar-refractivity contribution is 9.10. The first-order valence-corrected chi connectivity index (χ1v) is 6.43. The number of hydrogen-bond donors (Lipinski definition) is 0. The lowest BCUT2D eigenvalue weighted by Gasteiger charge is -2.06. The molecule has 2 aromatic carbocycles. The van der Waals surface area contributed by atoms with Crippen LogP contribution in [0.5, 0.6) is 5.75 Å². The fourth-order valence-electron chi connectivity index (χ4n) is 1.53. The van der Waals surface area contributed by atoms with E-state index in [1.54, 1.807) is 0 Å². The third-order valence-electron chi connectivity index (χ3n) is 2.54. The second kappa shape index (κ2) is 5.83. The van der Waals surface area contributed by atoms with Crippen LogP contribution in [0.1, 0.15) is 15.9 Å². The number of benzene rings is 2. The van der Waals surface area contributed by atoms with Gasteiger partial charge < -0.3 is 4.74 Å². The van der Waals surface area contributed by atoms with Crippen LogP contribution in [0.15, 0.2) is 53.0 Å². The average molecular weight is 305 g/mol. The molecule has 0 heterocycles. The smallest absolute Gasteiger partial charge is 0.200 e. The van der Waals surface area contributed by atoms with Crippen molar-refractivity contribution in [3.8, 4) is 5.75 Å². The highest BCUT2D eigenvalue weighted by Gasteiger charge is 2.06. The molecule has 0 N–H and O–H groups in total. The predicted molar refractivity (Wildman–Crippen MR) is 75.1 cm³/mol. The summed E-state index contributed by atoms with van der Waals surface area (Å²) in [6, 6.07) is 14.9. The Bertz CT molecular complexity index is 547. The summed E-state index contributed by atoms with van der Waals surface area (Å²) in [5.41, 5.74) is 1.81. The Balaban J connectivity index is 1.98. The van der Waals surface area contributed by atoms with Crippen molar-refractivity contribution in [2.45, 2.75) is 6.92 Å². The minimum Gasteiger partial charge on any atom is -0.485 e. The highest BCUT2D eigenvalue weighted by Crippen LogP contribution is 2.18. The number of ether oxygens (including phenoxy) is 1. The van der Waals surface area contributed by atoms with Gasteiger partial charge in [-0.2, -0.15) is 0 Å². The molecule has 92 valence electrons. The Kier molecular flexibility index (Phi) is 4.15. The number of ketones is 1. The normalized spacial score (nSPS) is 10.1. The molecule has 2 nitrogen and oxygen atoms in total. The monoisotopic (exact) mass is 304 g/mol. The Morgan fingerprint density at radius 3 is 2.56 bits per heavy atom. The minimum absolute atomic E-state index is 0.0185. The molecule has 0 radical (unpaired) electrons. The lowest BCUT2D eigenvalue weighted by molar-refractivity contribution is 0.0921. The zero-order chi connectivity index (χ0) is 13.0. The van der Waals surface area contributed by atoms with Crippen LogP contribution in [0, 0.1) is 6.92 Å². The van der Waals surface area contributed by atoms with Gasteiger partial charge in [-0.25, -0.2) is 0 Å². The summed E-state index contributed by atoms with van der Waals surface area (Å²) in [4.78, 5) is 11.9. The molecule has 0 aliphatic heterocycles. The SMILES string of the molecule is Cc1ccc(C(=O)COc2cccc(Br)c2)cc1. The molecule has 3 heteroatoms. The van der Waals surface area contributed by atoms with Gasteiger partial charge in [-0.15, -0.1) is 0 Å². The van der Waals surface area contributed by atoms with Gasteiger partial charge in [0, 0.05) is 10.0 Å². The van der Waals surface area contributed by atoms with Gasteiger partial charge in [0.25, 0.3) is 0 Å². The lowest BCUT2D eigenvalue weighted by Crippen LogP contribution is -2.11. The van der Waals surface area contributed by atoms with Crippen molar-refractivity contribution in [3.63, 3.8) is 0 Å². The highest BCUT2D eigenvalue weighted by atomic mass is 79.9. The first kappa shape index (κ1) is 12.8. The second-order valence-corrected chi connectivity index (χ2v) is 4.95. The number of Topliss-reactive ketones (excluding diaryl/α,β-unsaturated/α-hetero) is 1. The van der Waals surface area contributed by atoms with Gasteiger partial charge in [0.05, 0.1) is 0 Å². The third kappa shape index (κ3) is 3.44. The molecule has 0 amide bonds. The van der Waals surface area contributed by atoms with Crippen molar-refractivity contribution < 1.29 is 9.53 Å². The molecule has 0 spiro atoms. The zero-order valence-corrected chi connectivity index (χ0v) is 11.6. The quantitative estimate of drug-likeness (QED) is 0.798. The number of halogens is 1. The van der Waals surface area contributed by atoms with E-state index in [9.17, 15) is 4.79 Å². The average Bonchev–Trinajstić information content (AvgIpc) is 2.37. The molecule has 2 aromatic rings. The van der Waals surface area contributed by atoms with Crippen LogP contribution < -0.4 is 4.74 Å². The Morgan fingerprint density at radius 1 is 1.17 bits per heavy atom. The van der Waals surface area contributed by atoms with Crippen molar-refractivity contribution in [1.82, 2.24) is 0 Å². The number of aryl methyl sites for hydroxylation is 1. The van der Waals surface area contributed by atoms with Crippen molar-refractivity contribution >= 4 is 21.7 Å². The van der Waals surface area contributed by atoms with E-state index in [0.29, 0.717) is 11.3 Å². The maximum Gasteiger partial charge on any atom is 0.200 e. The van der Waals surface area contributed by atoms with Gasteiger partial charge in [0.2, 0.25) is 0 Å². The van der Waals surface area contributed by atoms with Crippen molar-refractivity contribution in [1.29, 1.82) is 0 Å². The summed E-state index contributed by atoms with van der Waals surface area (Å²) in [5, 5.41) is 0. The lowest BCUT2D eigenvalue weighted by atomic mass is 10.1. The van der Waals surface area contributed by atoms with Crippen LogP contribution >= 0.6 is 15.9 Å². The van der Waals surface area contributed by atoms with Crippen LogP contribution in [-0.2, 0) is 0 Å². The molecule has 2 rings (SSSR count). The largest absolute Gasteiger partial charge is 0.485 e. The van der Waals surface area contributed by atoms with Gasteiger partial charge in [0.1, 0.15) is 5.75 Å². The van der Waals surface area contributed by atoms with Gasteiger partial charge in [-0.1, -0.05) is 51.8 Å². The Labute approximate surface area is 115 Å². The van der Waals surface area contributed by atoms with Gasteiger partial charge in [0.15, 0.2) is 12.4 Å². The van der Waals surface area contributed by atoms with Gasteiger partial charge in [-0.05, 0) is 25.1 Å². The van der Waals surface area contributed by atoms with Gasteiger partial charge in [-0.3, -0.25) is 4.79 Å². The van der Waals surface area contributed by atoms with Crippen molar-refractivity contribution in [2.75, 3.05) is 6.61 Å². The molecule has 0 saturated heterocycles. The van der Waals surface area contributed by atoms with Crippen LogP contribution in [0.2, 0.25) is 0 Å². The van der Waals surface area contributed by atoms with Crippen LogP contribution in [0.3, 0.4) is 0 Å².